The molecule has 0 radical (unpaired) electrons. The Hall–Kier alpha value is -1.86. The number of rotatable bonds is 5. The molecule has 0 bridgehead atoms. The first-order valence-electron chi connectivity index (χ1n) is 6.85. The second-order valence-corrected chi connectivity index (χ2v) is 7.48. The first-order chi connectivity index (χ1) is 10.2. The van der Waals surface area contributed by atoms with Crippen LogP contribution in [0.15, 0.2) is 34.7 Å². The van der Waals surface area contributed by atoms with E-state index >= 15 is 0 Å². The number of furan rings is 1. The average Bonchev–Trinajstić information content (AvgIpc) is 2.88. The first kappa shape index (κ1) is 16.5. The number of benzene rings is 1. The lowest BCUT2D eigenvalue weighted by atomic mass is 10.2. The zero-order valence-corrected chi connectivity index (χ0v) is 13.9. The lowest BCUT2D eigenvalue weighted by molar-refractivity contribution is -0.132. The maximum absolute atomic E-state index is 12.2. The molecule has 2 rings (SSSR count). The van der Waals surface area contributed by atoms with Crippen LogP contribution in [0.2, 0.25) is 0 Å². The van der Waals surface area contributed by atoms with E-state index in [1.807, 2.05) is 37.3 Å². The highest BCUT2D eigenvalue weighted by Gasteiger charge is 2.23. The fraction of sp³-hybridized carbons (Fsp3) is 0.400. The minimum atomic E-state index is -3.38. The second-order valence-electron chi connectivity index (χ2n) is 5.39. The second kappa shape index (κ2) is 6.10. The molecule has 22 heavy (non-hydrogen) atoms. The van der Waals surface area contributed by atoms with Crippen molar-refractivity contribution in [2.24, 2.45) is 0 Å². The fourth-order valence-electron chi connectivity index (χ4n) is 2.03. The smallest absolute Gasteiger partial charge is 0.238 e. The molecule has 0 N–H and O–H groups in total. The Labute approximate surface area is 130 Å². The number of likely N-dealkylation sites (N-methyl/N-ethyl adjacent to an activating group) is 2. The van der Waals surface area contributed by atoms with Crippen LogP contribution in [-0.2, 0) is 14.8 Å². The lowest BCUT2D eigenvalue weighted by Crippen LogP contribution is -2.39. The summed E-state index contributed by atoms with van der Waals surface area (Å²) in [6.45, 7) is 1.65. The summed E-state index contributed by atoms with van der Waals surface area (Å²) in [5, 5.41) is 0.971. The van der Waals surface area contributed by atoms with Crippen molar-refractivity contribution < 1.29 is 17.6 Å². The normalized spacial score (nSPS) is 13.5. The molecule has 2 aromatic rings. The molecule has 7 heteroatoms. The molecule has 0 aliphatic carbocycles. The van der Waals surface area contributed by atoms with Gasteiger partial charge in [-0.3, -0.25) is 4.79 Å². The third-order valence-corrected chi connectivity index (χ3v) is 5.02. The highest BCUT2D eigenvalue weighted by Crippen LogP contribution is 2.26. The minimum absolute atomic E-state index is 0.195. The summed E-state index contributed by atoms with van der Waals surface area (Å²) in [4.78, 5) is 13.7. The van der Waals surface area contributed by atoms with Gasteiger partial charge in [0.2, 0.25) is 15.9 Å². The van der Waals surface area contributed by atoms with Crippen LogP contribution in [0, 0.1) is 0 Å². The van der Waals surface area contributed by atoms with Gasteiger partial charge < -0.3 is 9.32 Å². The van der Waals surface area contributed by atoms with Gasteiger partial charge in [0.1, 0.15) is 11.3 Å². The molecule has 1 atom stereocenters. The van der Waals surface area contributed by atoms with E-state index in [0.717, 1.165) is 21.5 Å². The van der Waals surface area contributed by atoms with Crippen molar-refractivity contribution in [1.29, 1.82) is 0 Å². The Bertz CT molecular complexity index is 749. The topological polar surface area (TPSA) is 70.8 Å². The van der Waals surface area contributed by atoms with Gasteiger partial charge in [-0.15, -0.1) is 0 Å². The molecule has 0 saturated heterocycles. The van der Waals surface area contributed by atoms with Crippen LogP contribution < -0.4 is 0 Å². The van der Waals surface area contributed by atoms with Gasteiger partial charge in [-0.2, -0.15) is 4.31 Å². The fourth-order valence-corrected chi connectivity index (χ4v) is 2.38. The summed E-state index contributed by atoms with van der Waals surface area (Å²) in [7, 11) is -0.363. The predicted octanol–water partition coefficient (Wildman–Crippen LogP) is 1.84. The number of hydrogen-bond donors (Lipinski definition) is 0. The van der Waals surface area contributed by atoms with Crippen LogP contribution in [-0.4, -0.2) is 50.4 Å². The molecule has 0 aliphatic heterocycles. The van der Waals surface area contributed by atoms with Gasteiger partial charge in [0, 0.05) is 19.5 Å². The van der Waals surface area contributed by atoms with Crippen molar-refractivity contribution in [3.63, 3.8) is 0 Å². The number of carbonyl (C=O) groups excluding carboxylic acids is 1. The summed E-state index contributed by atoms with van der Waals surface area (Å²) in [6, 6.07) is 9.22. The summed E-state index contributed by atoms with van der Waals surface area (Å²) >= 11 is 0. The van der Waals surface area contributed by atoms with Crippen LogP contribution in [0.5, 0.6) is 0 Å². The van der Waals surface area contributed by atoms with Gasteiger partial charge in [-0.25, -0.2) is 8.42 Å². The van der Waals surface area contributed by atoms with E-state index in [0.29, 0.717) is 5.76 Å². The maximum atomic E-state index is 12.2. The van der Waals surface area contributed by atoms with Crippen molar-refractivity contribution in [2.75, 3.05) is 26.9 Å². The van der Waals surface area contributed by atoms with Gasteiger partial charge in [0.15, 0.2) is 0 Å². The van der Waals surface area contributed by atoms with Gasteiger partial charge in [-0.1, -0.05) is 18.2 Å². The molecule has 0 aliphatic rings. The summed E-state index contributed by atoms with van der Waals surface area (Å²) in [5.74, 6) is 0.375. The quantitative estimate of drug-likeness (QED) is 0.841. The average molecular weight is 324 g/mol. The summed E-state index contributed by atoms with van der Waals surface area (Å²) in [6.07, 6.45) is 1.07. The largest absolute Gasteiger partial charge is 0.459 e. The molecule has 0 unspecified atom stereocenters. The molecular weight excluding hydrogens is 304 g/mol. The number of sulfonamides is 1. The molecule has 1 aromatic heterocycles. The van der Waals surface area contributed by atoms with E-state index < -0.39 is 10.0 Å². The van der Waals surface area contributed by atoms with Crippen LogP contribution in [0.3, 0.4) is 0 Å². The SMILES string of the molecule is C[C@@H](c1cc2ccccc2o1)N(C)C(=O)CN(C)S(C)(=O)=O. The molecule has 1 amide bonds. The molecule has 0 spiro atoms. The number of carbonyl (C=O) groups is 1. The van der Waals surface area contributed by atoms with E-state index in [1.54, 1.807) is 7.05 Å². The van der Waals surface area contributed by atoms with Crippen LogP contribution in [0.25, 0.3) is 11.0 Å². The van der Waals surface area contributed by atoms with Crippen LogP contribution >= 0.6 is 0 Å². The van der Waals surface area contributed by atoms with Crippen molar-refractivity contribution >= 4 is 26.9 Å². The van der Waals surface area contributed by atoms with E-state index in [4.69, 9.17) is 4.42 Å². The van der Waals surface area contributed by atoms with Crippen molar-refractivity contribution in [1.82, 2.24) is 9.21 Å². The maximum Gasteiger partial charge on any atom is 0.238 e. The van der Waals surface area contributed by atoms with E-state index in [2.05, 4.69) is 0 Å². The highest BCUT2D eigenvalue weighted by molar-refractivity contribution is 7.88. The van der Waals surface area contributed by atoms with Crippen molar-refractivity contribution in [3.05, 3.63) is 36.1 Å². The number of hydrogen-bond acceptors (Lipinski definition) is 4. The standard InChI is InChI=1S/C15H20N2O4S/c1-11(14-9-12-7-5-6-8-13(12)21-14)17(3)15(18)10-16(2)22(4,19)20/h5-9,11H,10H2,1-4H3/t11-/m0/s1. The van der Waals surface area contributed by atoms with Crippen molar-refractivity contribution in [2.45, 2.75) is 13.0 Å². The Balaban J connectivity index is 2.14. The third-order valence-electron chi connectivity index (χ3n) is 3.75. The van der Waals surface area contributed by atoms with Crippen molar-refractivity contribution in [3.8, 4) is 0 Å². The van der Waals surface area contributed by atoms with Gasteiger partial charge in [-0.05, 0) is 19.1 Å². The van der Waals surface area contributed by atoms with Gasteiger partial charge >= 0.3 is 0 Å². The molecule has 6 nitrogen and oxygen atoms in total. The third kappa shape index (κ3) is 3.48. The Morgan fingerprint density at radius 2 is 1.91 bits per heavy atom. The lowest BCUT2D eigenvalue weighted by Gasteiger charge is -2.25. The molecule has 1 aromatic carbocycles. The molecular formula is C15H20N2O4S. The van der Waals surface area contributed by atoms with E-state index in [1.165, 1.54) is 11.9 Å². The molecule has 0 saturated carbocycles. The van der Waals surface area contributed by atoms with Crippen LogP contribution in [0.1, 0.15) is 18.7 Å². The summed E-state index contributed by atoms with van der Waals surface area (Å²) < 4.78 is 29.5. The Kier molecular flexibility index (Phi) is 4.58. The number of nitrogens with zero attached hydrogens (tertiary/aromatic N) is 2. The predicted molar refractivity (Wildman–Crippen MR) is 84.9 cm³/mol. The molecule has 0 fully saturated rings. The highest BCUT2D eigenvalue weighted by atomic mass is 32.2. The monoisotopic (exact) mass is 324 g/mol. The Morgan fingerprint density at radius 1 is 1.27 bits per heavy atom. The number of amides is 1. The molecule has 120 valence electrons. The minimum Gasteiger partial charge on any atom is -0.459 e. The number of para-hydroxylation sites is 1. The molecule has 1 heterocycles. The zero-order chi connectivity index (χ0) is 16.5. The van der Waals surface area contributed by atoms with Gasteiger partial charge in [0.05, 0.1) is 18.8 Å². The Morgan fingerprint density at radius 3 is 2.50 bits per heavy atom. The van der Waals surface area contributed by atoms with Gasteiger partial charge in [0.25, 0.3) is 0 Å². The van der Waals surface area contributed by atoms with Crippen LogP contribution in [0.4, 0.5) is 0 Å². The first-order valence-corrected chi connectivity index (χ1v) is 8.70. The number of fused-ring (bicyclic) bond motifs is 1. The zero-order valence-electron chi connectivity index (χ0n) is 13.1. The van der Waals surface area contributed by atoms with E-state index in [9.17, 15) is 13.2 Å². The summed E-state index contributed by atoms with van der Waals surface area (Å²) in [5.41, 5.74) is 0.762. The van der Waals surface area contributed by atoms with E-state index in [-0.39, 0.29) is 18.5 Å².